The predicted octanol–water partition coefficient (Wildman–Crippen LogP) is 3.67. The second-order valence-electron chi connectivity index (χ2n) is 8.39. The monoisotopic (exact) mass is 517 g/mol. The lowest BCUT2D eigenvalue weighted by atomic mass is 10.2. The molecule has 3 aromatic rings. The third-order valence-electron chi connectivity index (χ3n) is 5.73. The maximum atomic E-state index is 12.8. The minimum Gasteiger partial charge on any atom is -0.490 e. The summed E-state index contributed by atoms with van der Waals surface area (Å²) in [5.74, 6) is 0.917. The molecule has 1 saturated heterocycles. The molecular weight excluding hydrogens is 486 g/mol. The van der Waals surface area contributed by atoms with E-state index < -0.39 is 5.91 Å². The standard InChI is InChI=1S/C29H31N3O6/c1-2-36-27-18-23(12-13-26(27)38-21-28(33)32-14-16-35-17-15-32)19-30-31-29(34)24-10-6-7-11-25(24)37-20-22-8-4-3-5-9-22/h3-13,18-19H,2,14-17,20-21H2,1H3,(H,31,34)/b30-19-. The molecule has 1 aliphatic heterocycles. The zero-order valence-corrected chi connectivity index (χ0v) is 21.3. The number of nitrogens with one attached hydrogen (secondary N) is 1. The van der Waals surface area contributed by atoms with E-state index in [4.69, 9.17) is 18.9 Å². The number of rotatable bonds is 11. The molecule has 9 heteroatoms. The van der Waals surface area contributed by atoms with Gasteiger partial charge >= 0.3 is 0 Å². The van der Waals surface area contributed by atoms with Crippen molar-refractivity contribution < 1.29 is 28.5 Å². The Morgan fingerprint density at radius 2 is 1.68 bits per heavy atom. The van der Waals surface area contributed by atoms with E-state index in [2.05, 4.69) is 10.5 Å². The molecule has 2 amide bonds. The summed E-state index contributed by atoms with van der Waals surface area (Å²) in [4.78, 5) is 26.9. The van der Waals surface area contributed by atoms with E-state index >= 15 is 0 Å². The summed E-state index contributed by atoms with van der Waals surface area (Å²) in [6.07, 6.45) is 1.51. The number of benzene rings is 3. The first-order valence-electron chi connectivity index (χ1n) is 12.5. The van der Waals surface area contributed by atoms with Crippen LogP contribution in [0, 0.1) is 0 Å². The van der Waals surface area contributed by atoms with Gasteiger partial charge in [0.25, 0.3) is 11.8 Å². The number of hydrogen-bond donors (Lipinski definition) is 1. The van der Waals surface area contributed by atoms with Crippen molar-refractivity contribution in [1.29, 1.82) is 0 Å². The van der Waals surface area contributed by atoms with Crippen molar-refractivity contribution in [2.45, 2.75) is 13.5 Å². The molecule has 1 N–H and O–H groups in total. The molecule has 0 atom stereocenters. The number of morpholine rings is 1. The first-order chi connectivity index (χ1) is 18.6. The normalized spacial score (nSPS) is 13.2. The molecular formula is C29H31N3O6. The van der Waals surface area contributed by atoms with Crippen LogP contribution in [0.25, 0.3) is 0 Å². The molecule has 3 aromatic carbocycles. The van der Waals surface area contributed by atoms with Gasteiger partial charge in [0.2, 0.25) is 0 Å². The Hall–Kier alpha value is -4.37. The van der Waals surface area contributed by atoms with Gasteiger partial charge in [-0.1, -0.05) is 42.5 Å². The van der Waals surface area contributed by atoms with Crippen LogP contribution in [0.2, 0.25) is 0 Å². The van der Waals surface area contributed by atoms with Crippen LogP contribution in [0.4, 0.5) is 0 Å². The van der Waals surface area contributed by atoms with Crippen molar-refractivity contribution in [1.82, 2.24) is 10.3 Å². The number of carbonyl (C=O) groups excluding carboxylic acids is 2. The van der Waals surface area contributed by atoms with Crippen molar-refractivity contribution in [2.75, 3.05) is 39.5 Å². The molecule has 38 heavy (non-hydrogen) atoms. The lowest BCUT2D eigenvalue weighted by Crippen LogP contribution is -2.43. The van der Waals surface area contributed by atoms with Gasteiger partial charge in [0, 0.05) is 13.1 Å². The molecule has 0 saturated carbocycles. The summed E-state index contributed by atoms with van der Waals surface area (Å²) < 4.78 is 22.6. The van der Waals surface area contributed by atoms with Gasteiger partial charge in [0.05, 0.1) is 31.6 Å². The fraction of sp³-hybridized carbons (Fsp3) is 0.276. The van der Waals surface area contributed by atoms with E-state index in [-0.39, 0.29) is 12.5 Å². The molecule has 4 rings (SSSR count). The Morgan fingerprint density at radius 3 is 2.47 bits per heavy atom. The maximum Gasteiger partial charge on any atom is 0.275 e. The number of carbonyl (C=O) groups is 2. The molecule has 0 unspecified atom stereocenters. The average Bonchev–Trinajstić information content (AvgIpc) is 2.96. The van der Waals surface area contributed by atoms with Gasteiger partial charge in [-0.3, -0.25) is 9.59 Å². The van der Waals surface area contributed by atoms with Gasteiger partial charge < -0.3 is 23.8 Å². The van der Waals surface area contributed by atoms with E-state index in [0.29, 0.717) is 67.9 Å². The molecule has 0 aromatic heterocycles. The summed E-state index contributed by atoms with van der Waals surface area (Å²) in [7, 11) is 0. The zero-order valence-electron chi connectivity index (χ0n) is 21.3. The number of para-hydroxylation sites is 1. The van der Waals surface area contributed by atoms with Crippen molar-refractivity contribution in [3.63, 3.8) is 0 Å². The molecule has 1 fully saturated rings. The Balaban J connectivity index is 1.35. The van der Waals surface area contributed by atoms with Crippen LogP contribution < -0.4 is 19.6 Å². The molecule has 1 aliphatic rings. The Bertz CT molecular complexity index is 1240. The lowest BCUT2D eigenvalue weighted by Gasteiger charge is -2.26. The highest BCUT2D eigenvalue weighted by atomic mass is 16.5. The molecule has 0 radical (unpaired) electrons. The highest BCUT2D eigenvalue weighted by Gasteiger charge is 2.18. The van der Waals surface area contributed by atoms with Gasteiger partial charge in [-0.2, -0.15) is 5.10 Å². The second kappa shape index (κ2) is 13.8. The van der Waals surface area contributed by atoms with Crippen molar-refractivity contribution in [3.8, 4) is 17.2 Å². The Labute approximate surface area is 222 Å². The van der Waals surface area contributed by atoms with Gasteiger partial charge in [0.15, 0.2) is 18.1 Å². The quantitative estimate of drug-likeness (QED) is 0.308. The summed E-state index contributed by atoms with van der Waals surface area (Å²) in [5.41, 5.74) is 4.62. The van der Waals surface area contributed by atoms with Gasteiger partial charge in [-0.05, 0) is 48.4 Å². The fourth-order valence-electron chi connectivity index (χ4n) is 3.78. The highest BCUT2D eigenvalue weighted by molar-refractivity contribution is 5.97. The smallest absolute Gasteiger partial charge is 0.275 e. The SMILES string of the molecule is CCOc1cc(/C=N\NC(=O)c2ccccc2OCc2ccccc2)ccc1OCC(=O)N1CCOCC1. The van der Waals surface area contributed by atoms with Crippen molar-refractivity contribution in [3.05, 3.63) is 89.5 Å². The first-order valence-corrected chi connectivity index (χ1v) is 12.5. The van der Waals surface area contributed by atoms with Crippen LogP contribution in [0.3, 0.4) is 0 Å². The number of hydrogen-bond acceptors (Lipinski definition) is 7. The largest absolute Gasteiger partial charge is 0.490 e. The third kappa shape index (κ3) is 7.57. The van der Waals surface area contributed by atoms with Gasteiger partial charge in [-0.25, -0.2) is 5.43 Å². The average molecular weight is 518 g/mol. The Kier molecular flexibility index (Phi) is 9.69. The van der Waals surface area contributed by atoms with Crippen LogP contribution in [-0.4, -0.2) is 62.4 Å². The van der Waals surface area contributed by atoms with E-state index in [1.807, 2.05) is 43.3 Å². The van der Waals surface area contributed by atoms with Crippen LogP contribution in [0.15, 0.2) is 77.9 Å². The molecule has 0 aliphatic carbocycles. The second-order valence-corrected chi connectivity index (χ2v) is 8.39. The molecule has 0 spiro atoms. The predicted molar refractivity (Wildman–Crippen MR) is 143 cm³/mol. The van der Waals surface area contributed by atoms with Crippen LogP contribution in [0.1, 0.15) is 28.4 Å². The van der Waals surface area contributed by atoms with Crippen LogP contribution in [0.5, 0.6) is 17.2 Å². The lowest BCUT2D eigenvalue weighted by molar-refractivity contribution is -0.137. The summed E-state index contributed by atoms with van der Waals surface area (Å²) in [5, 5.41) is 4.09. The minimum absolute atomic E-state index is 0.0880. The maximum absolute atomic E-state index is 12.8. The minimum atomic E-state index is -0.392. The number of hydrazone groups is 1. The van der Waals surface area contributed by atoms with Crippen molar-refractivity contribution >= 4 is 18.0 Å². The topological polar surface area (TPSA) is 98.7 Å². The number of amides is 2. The molecule has 0 bridgehead atoms. The molecule has 9 nitrogen and oxygen atoms in total. The van der Waals surface area contributed by atoms with Gasteiger partial charge in [0.1, 0.15) is 12.4 Å². The van der Waals surface area contributed by atoms with E-state index in [9.17, 15) is 9.59 Å². The van der Waals surface area contributed by atoms with Crippen LogP contribution in [-0.2, 0) is 16.1 Å². The van der Waals surface area contributed by atoms with Crippen molar-refractivity contribution in [2.24, 2.45) is 5.10 Å². The summed E-state index contributed by atoms with van der Waals surface area (Å²) in [6.45, 7) is 4.73. The molecule has 198 valence electrons. The summed E-state index contributed by atoms with van der Waals surface area (Å²) >= 11 is 0. The van der Waals surface area contributed by atoms with Crippen LogP contribution >= 0.6 is 0 Å². The van der Waals surface area contributed by atoms with E-state index in [1.165, 1.54) is 6.21 Å². The zero-order chi connectivity index (χ0) is 26.6. The van der Waals surface area contributed by atoms with E-state index in [1.54, 1.807) is 41.3 Å². The summed E-state index contributed by atoms with van der Waals surface area (Å²) in [6, 6.07) is 22.0. The fourth-order valence-corrected chi connectivity index (χ4v) is 3.78. The van der Waals surface area contributed by atoms with Gasteiger partial charge in [-0.15, -0.1) is 0 Å². The first kappa shape index (κ1) is 26.7. The number of ether oxygens (including phenoxy) is 4. The molecule has 1 heterocycles. The number of nitrogens with zero attached hydrogens (tertiary/aromatic N) is 2. The highest BCUT2D eigenvalue weighted by Crippen LogP contribution is 2.28. The van der Waals surface area contributed by atoms with E-state index in [0.717, 1.165) is 5.56 Å². The third-order valence-corrected chi connectivity index (χ3v) is 5.73. The Morgan fingerprint density at radius 1 is 0.921 bits per heavy atom.